The fourth-order valence-electron chi connectivity index (χ4n) is 4.14. The van der Waals surface area contributed by atoms with Gasteiger partial charge in [0.15, 0.2) is 0 Å². The van der Waals surface area contributed by atoms with Crippen LogP contribution in [-0.2, 0) is 61.6 Å². The van der Waals surface area contributed by atoms with E-state index >= 15 is 0 Å². The van der Waals surface area contributed by atoms with Gasteiger partial charge in [0.25, 0.3) is 0 Å². The van der Waals surface area contributed by atoms with Gasteiger partial charge in [-0.25, -0.2) is 0 Å². The van der Waals surface area contributed by atoms with E-state index in [0.717, 1.165) is 13.2 Å². The Kier molecular flexibility index (Phi) is 23.9. The summed E-state index contributed by atoms with van der Waals surface area (Å²) in [6.45, 7) is 27.7. The maximum absolute atomic E-state index is 5.94. The van der Waals surface area contributed by atoms with Gasteiger partial charge in [-0.15, -0.1) is 0 Å². The van der Waals surface area contributed by atoms with Gasteiger partial charge in [-0.05, 0) is 69.2 Å². The maximum atomic E-state index is 5.94. The van der Waals surface area contributed by atoms with Gasteiger partial charge in [0.05, 0.1) is 154 Å². The summed E-state index contributed by atoms with van der Waals surface area (Å²) in [4.78, 5) is 0. The van der Waals surface area contributed by atoms with E-state index in [0.29, 0.717) is 79.3 Å². The molecule has 0 aromatic carbocycles. The monoisotopic (exact) mass is 710 g/mol. The van der Waals surface area contributed by atoms with Crippen LogP contribution in [0.4, 0.5) is 0 Å². The Morgan fingerprint density at radius 3 is 0.776 bits per heavy atom. The van der Waals surface area contributed by atoms with Gasteiger partial charge < -0.3 is 61.6 Å². The summed E-state index contributed by atoms with van der Waals surface area (Å²) in [5.74, 6) is 0. The minimum Gasteiger partial charge on any atom is -0.376 e. The topological polar surface area (TPSA) is 127 Å². The number of ether oxygens (including phenoxy) is 13. The highest BCUT2D eigenvalue weighted by Crippen LogP contribution is 2.11. The molecule has 2 saturated heterocycles. The molecule has 0 radical (unpaired) electrons. The third-order valence-corrected chi connectivity index (χ3v) is 7.57. The summed E-state index contributed by atoms with van der Waals surface area (Å²) in [6.07, 6.45) is 0.119. The van der Waals surface area contributed by atoms with Crippen LogP contribution >= 0.6 is 0 Å². The smallest absolute Gasteiger partial charge is 0.104 e. The van der Waals surface area contributed by atoms with Crippen molar-refractivity contribution in [2.75, 3.05) is 92.5 Å². The zero-order valence-corrected chi connectivity index (χ0v) is 32.1. The van der Waals surface area contributed by atoms with Crippen LogP contribution in [0.15, 0.2) is 0 Å². The van der Waals surface area contributed by atoms with Gasteiger partial charge in [0.2, 0.25) is 0 Å². The number of epoxide rings is 2. The molecule has 2 rings (SSSR count). The minimum absolute atomic E-state index is 0.0111. The second-order valence-electron chi connectivity index (χ2n) is 13.9. The molecule has 2 aliphatic heterocycles. The summed E-state index contributed by atoms with van der Waals surface area (Å²) in [7, 11) is 0. The Morgan fingerprint density at radius 1 is 0.327 bits per heavy atom. The highest BCUT2D eigenvalue weighted by atomic mass is 16.6. The van der Waals surface area contributed by atoms with E-state index in [1.165, 1.54) is 0 Å². The molecule has 2 heterocycles. The summed E-state index contributed by atoms with van der Waals surface area (Å²) in [5.41, 5.74) is 0. The fraction of sp³-hybridized carbons (Fsp3) is 1.00. The zero-order chi connectivity index (χ0) is 36.0. The third kappa shape index (κ3) is 26.0. The van der Waals surface area contributed by atoms with Crippen molar-refractivity contribution < 1.29 is 61.6 Å². The van der Waals surface area contributed by atoms with Gasteiger partial charge in [0, 0.05) is 0 Å². The van der Waals surface area contributed by atoms with Gasteiger partial charge in [-0.1, -0.05) is 0 Å². The van der Waals surface area contributed by atoms with Crippen molar-refractivity contribution in [3.63, 3.8) is 0 Å². The van der Waals surface area contributed by atoms with Crippen LogP contribution in [0.2, 0.25) is 0 Å². The second-order valence-corrected chi connectivity index (χ2v) is 13.9. The first-order valence-electron chi connectivity index (χ1n) is 18.4. The Bertz CT molecular complexity index is 786. The van der Waals surface area contributed by atoms with E-state index in [4.69, 9.17) is 61.6 Å². The predicted octanol–water partition coefficient (Wildman–Crippen LogP) is 3.85. The van der Waals surface area contributed by atoms with Crippen LogP contribution < -0.4 is 0 Å². The molecule has 0 aromatic heterocycles. The highest BCUT2D eigenvalue weighted by molar-refractivity contribution is 4.69. The molecule has 12 atom stereocenters. The van der Waals surface area contributed by atoms with Crippen LogP contribution in [0.1, 0.15) is 69.2 Å². The van der Waals surface area contributed by atoms with E-state index < -0.39 is 0 Å². The molecule has 0 amide bonds. The first kappa shape index (κ1) is 44.6. The van der Waals surface area contributed by atoms with Crippen LogP contribution in [-0.4, -0.2) is 166 Å². The van der Waals surface area contributed by atoms with E-state index in [2.05, 4.69) is 0 Å². The lowest BCUT2D eigenvalue weighted by atomic mass is 10.3. The van der Waals surface area contributed by atoms with E-state index in [9.17, 15) is 0 Å². The normalized spacial score (nSPS) is 23.6. The van der Waals surface area contributed by atoms with Crippen LogP contribution in [0, 0.1) is 0 Å². The van der Waals surface area contributed by atoms with Crippen molar-refractivity contribution in [2.24, 2.45) is 0 Å². The molecule has 0 bridgehead atoms. The highest BCUT2D eigenvalue weighted by Gasteiger charge is 2.24. The van der Waals surface area contributed by atoms with Crippen molar-refractivity contribution in [1.82, 2.24) is 0 Å². The van der Waals surface area contributed by atoms with E-state index in [1.807, 2.05) is 69.2 Å². The standard InChI is InChI=1S/C36H70O13/c1-25(11-37-21-35-23-48-35)38-12-26(2)39-13-27(3)40-14-28(4)41-15-29(5)42-16-30(6)43-17-31(7)44-18-32(8)45-19-33(9)46-20-34(10)47-22-36-24-49-36/h25-36H,11-24H2,1-10H3. The second kappa shape index (κ2) is 26.3. The average molecular weight is 711 g/mol. The Morgan fingerprint density at radius 2 is 0.531 bits per heavy atom. The zero-order valence-electron chi connectivity index (χ0n) is 32.1. The summed E-state index contributed by atoms with van der Waals surface area (Å²) in [6, 6.07) is 0. The quantitative estimate of drug-likeness (QED) is 0.0899. The van der Waals surface area contributed by atoms with Gasteiger partial charge in [-0.2, -0.15) is 0 Å². The molecule has 2 aliphatic rings. The van der Waals surface area contributed by atoms with Crippen molar-refractivity contribution >= 4 is 0 Å². The molecule has 49 heavy (non-hydrogen) atoms. The Labute approximate surface area is 296 Å². The fourth-order valence-corrected chi connectivity index (χ4v) is 4.14. The molecular weight excluding hydrogens is 640 g/mol. The SMILES string of the molecule is CC(COCC1CO1)OCC(C)OCC(C)OCC(C)OCC(C)OCC(C)OCC(C)OCC(C)OCC(C)OCC(C)OCC1CO1. The average Bonchev–Trinajstić information content (AvgIpc) is 4.02. The largest absolute Gasteiger partial charge is 0.376 e. The molecule has 0 saturated carbocycles. The summed E-state index contributed by atoms with van der Waals surface area (Å²) in [5, 5.41) is 0. The lowest BCUT2D eigenvalue weighted by molar-refractivity contribution is -0.112. The summed E-state index contributed by atoms with van der Waals surface area (Å²) < 4.78 is 74.6. The first-order valence-corrected chi connectivity index (χ1v) is 18.4. The van der Waals surface area contributed by atoms with Crippen molar-refractivity contribution in [3.05, 3.63) is 0 Å². The first-order chi connectivity index (χ1) is 23.4. The van der Waals surface area contributed by atoms with Gasteiger partial charge in [-0.3, -0.25) is 0 Å². The molecule has 12 unspecified atom stereocenters. The molecule has 0 N–H and O–H groups in total. The molecule has 2 fully saturated rings. The van der Waals surface area contributed by atoms with Crippen LogP contribution in [0.25, 0.3) is 0 Å². The predicted molar refractivity (Wildman–Crippen MR) is 184 cm³/mol. The van der Waals surface area contributed by atoms with Crippen LogP contribution in [0.3, 0.4) is 0 Å². The van der Waals surface area contributed by atoms with Crippen molar-refractivity contribution in [2.45, 2.75) is 142 Å². The number of hydrogen-bond acceptors (Lipinski definition) is 13. The van der Waals surface area contributed by atoms with E-state index in [1.54, 1.807) is 0 Å². The Hall–Kier alpha value is -0.520. The molecule has 292 valence electrons. The number of hydrogen-bond donors (Lipinski definition) is 0. The molecule has 13 nitrogen and oxygen atoms in total. The molecule has 0 aliphatic carbocycles. The van der Waals surface area contributed by atoms with E-state index in [-0.39, 0.29) is 73.2 Å². The lowest BCUT2D eigenvalue weighted by Crippen LogP contribution is -2.30. The third-order valence-electron chi connectivity index (χ3n) is 7.57. The van der Waals surface area contributed by atoms with Crippen LogP contribution in [0.5, 0.6) is 0 Å². The van der Waals surface area contributed by atoms with Crippen molar-refractivity contribution in [3.8, 4) is 0 Å². The Balaban J connectivity index is 1.40. The molecule has 0 spiro atoms. The minimum atomic E-state index is -0.0731. The molecular formula is C36H70O13. The lowest BCUT2D eigenvalue weighted by Gasteiger charge is -2.23. The maximum Gasteiger partial charge on any atom is 0.104 e. The molecule has 13 heteroatoms. The molecule has 0 aromatic rings. The number of rotatable bonds is 34. The van der Waals surface area contributed by atoms with Gasteiger partial charge in [0.1, 0.15) is 12.2 Å². The van der Waals surface area contributed by atoms with Gasteiger partial charge >= 0.3 is 0 Å². The summed E-state index contributed by atoms with van der Waals surface area (Å²) >= 11 is 0. The van der Waals surface area contributed by atoms with Crippen molar-refractivity contribution in [1.29, 1.82) is 0 Å².